The molecule has 3 aliphatic rings. The number of alkyl halides is 3. The van der Waals surface area contributed by atoms with Gasteiger partial charge in [-0.2, -0.15) is 13.2 Å². The number of amides is 3. The Hall–Kier alpha value is -2.30. The van der Waals surface area contributed by atoms with Crippen molar-refractivity contribution in [2.24, 2.45) is 5.92 Å². The molecule has 0 radical (unpaired) electrons. The Morgan fingerprint density at radius 2 is 1.77 bits per heavy atom. The molecule has 170 valence electrons. The van der Waals surface area contributed by atoms with Crippen molar-refractivity contribution in [3.63, 3.8) is 0 Å². The maximum absolute atomic E-state index is 12.8. The summed E-state index contributed by atoms with van der Waals surface area (Å²) < 4.78 is 57.1. The zero-order valence-electron chi connectivity index (χ0n) is 16.9. The molecule has 0 aliphatic carbocycles. The zero-order valence-corrected chi connectivity index (χ0v) is 17.7. The molecule has 1 spiro atoms. The van der Waals surface area contributed by atoms with Gasteiger partial charge in [0, 0.05) is 32.6 Å². The molecule has 3 saturated heterocycles. The van der Waals surface area contributed by atoms with Gasteiger partial charge >= 0.3 is 11.5 Å². The second-order valence-corrected chi connectivity index (χ2v) is 10.8. The van der Waals surface area contributed by atoms with Crippen LogP contribution in [0.2, 0.25) is 0 Å². The van der Waals surface area contributed by atoms with Crippen molar-refractivity contribution in [2.75, 3.05) is 26.2 Å². The van der Waals surface area contributed by atoms with Gasteiger partial charge in [0.2, 0.25) is 5.91 Å². The van der Waals surface area contributed by atoms with Gasteiger partial charge < -0.3 is 15.1 Å². The van der Waals surface area contributed by atoms with Gasteiger partial charge in [-0.3, -0.25) is 4.79 Å². The Balaban J connectivity index is 1.26. The molecule has 11 heteroatoms. The Morgan fingerprint density at radius 3 is 2.29 bits per heavy atom. The fraction of sp³-hybridized carbons (Fsp3) is 0.600. The van der Waals surface area contributed by atoms with Gasteiger partial charge in [-0.25, -0.2) is 13.8 Å². The van der Waals surface area contributed by atoms with Gasteiger partial charge in [-0.15, -0.1) is 0 Å². The number of nitrogens with zero attached hydrogens (tertiary/aromatic N) is 2. The molecule has 4 rings (SSSR count). The molecule has 3 fully saturated rings. The molecule has 3 aliphatic heterocycles. The molecule has 0 aromatic heterocycles. The second kappa shape index (κ2) is 7.68. The standard InChI is InChI=1S/C20H25F3N4O3S/c21-20(22,23)31(24,30)16-3-1-14(2-4-16)11-15-6-9-26(10-7-15)18(29)27-12-19(13-27)8-5-17(28)25-19/h1-4,15,24H,5-13H2,(H,25,28)/t31-/m1/s1. The first-order chi connectivity index (χ1) is 14.5. The number of nitrogens with one attached hydrogen (secondary N) is 2. The summed E-state index contributed by atoms with van der Waals surface area (Å²) in [5.41, 5.74) is -4.49. The molecule has 3 amide bonds. The van der Waals surface area contributed by atoms with Gasteiger partial charge in [0.25, 0.3) is 0 Å². The summed E-state index contributed by atoms with van der Waals surface area (Å²) >= 11 is 0. The topological polar surface area (TPSA) is 93.6 Å². The number of urea groups is 1. The van der Waals surface area contributed by atoms with E-state index in [9.17, 15) is 27.0 Å². The van der Waals surface area contributed by atoms with Crippen LogP contribution in [0, 0.1) is 10.7 Å². The summed E-state index contributed by atoms with van der Waals surface area (Å²) in [5, 5.41) is 2.97. The van der Waals surface area contributed by atoms with Crippen LogP contribution < -0.4 is 5.32 Å². The predicted molar refractivity (Wildman–Crippen MR) is 107 cm³/mol. The lowest BCUT2D eigenvalue weighted by Crippen LogP contribution is -2.70. The van der Waals surface area contributed by atoms with Crippen molar-refractivity contribution < 1.29 is 27.0 Å². The van der Waals surface area contributed by atoms with E-state index >= 15 is 0 Å². The minimum Gasteiger partial charge on any atom is -0.347 e. The number of likely N-dealkylation sites (tertiary alicyclic amines) is 2. The lowest BCUT2D eigenvalue weighted by molar-refractivity contribution is -0.120. The molecule has 3 heterocycles. The third-order valence-electron chi connectivity index (χ3n) is 6.48. The van der Waals surface area contributed by atoms with E-state index in [4.69, 9.17) is 4.78 Å². The monoisotopic (exact) mass is 458 g/mol. The van der Waals surface area contributed by atoms with Crippen molar-refractivity contribution in [3.8, 4) is 0 Å². The van der Waals surface area contributed by atoms with Crippen molar-refractivity contribution >= 4 is 21.7 Å². The fourth-order valence-corrected chi connectivity index (χ4v) is 5.43. The minimum absolute atomic E-state index is 0.00747. The third kappa shape index (κ3) is 4.24. The number of carbonyl (C=O) groups excluding carboxylic acids is 2. The Kier molecular flexibility index (Phi) is 5.43. The summed E-state index contributed by atoms with van der Waals surface area (Å²) in [6.07, 6.45) is 3.53. The van der Waals surface area contributed by atoms with Crippen molar-refractivity contribution in [1.29, 1.82) is 4.78 Å². The van der Waals surface area contributed by atoms with Gasteiger partial charge in [0.05, 0.1) is 10.4 Å². The fourth-order valence-electron chi connectivity index (χ4n) is 4.64. The van der Waals surface area contributed by atoms with Crippen LogP contribution >= 0.6 is 0 Å². The molecule has 1 aromatic rings. The molecule has 1 aromatic carbocycles. The third-order valence-corrected chi connectivity index (χ3v) is 8.07. The summed E-state index contributed by atoms with van der Waals surface area (Å²) in [4.78, 5) is 27.2. The maximum Gasteiger partial charge on any atom is 0.483 e. The van der Waals surface area contributed by atoms with Crippen LogP contribution in [0.3, 0.4) is 0 Å². The van der Waals surface area contributed by atoms with E-state index in [0.29, 0.717) is 44.9 Å². The number of carbonyl (C=O) groups is 2. The molecule has 0 bridgehead atoms. The number of halogens is 3. The highest BCUT2D eigenvalue weighted by atomic mass is 32.2. The van der Waals surface area contributed by atoms with E-state index in [1.165, 1.54) is 12.1 Å². The molecule has 2 N–H and O–H groups in total. The first-order valence-corrected chi connectivity index (χ1v) is 11.8. The van der Waals surface area contributed by atoms with Crippen molar-refractivity contribution in [3.05, 3.63) is 29.8 Å². The molecular formula is C20H25F3N4O3S. The van der Waals surface area contributed by atoms with Gasteiger partial charge in [0.15, 0.2) is 9.73 Å². The Morgan fingerprint density at radius 1 is 1.16 bits per heavy atom. The van der Waals surface area contributed by atoms with E-state index in [1.807, 2.05) is 4.90 Å². The van der Waals surface area contributed by atoms with E-state index < -0.39 is 20.1 Å². The highest BCUT2D eigenvalue weighted by Crippen LogP contribution is 2.33. The number of hydrogen-bond donors (Lipinski definition) is 2. The lowest BCUT2D eigenvalue weighted by atomic mass is 9.88. The van der Waals surface area contributed by atoms with Crippen LogP contribution in [-0.2, 0) is 20.9 Å². The van der Waals surface area contributed by atoms with Gasteiger partial charge in [-0.05, 0) is 49.3 Å². The van der Waals surface area contributed by atoms with E-state index in [0.717, 1.165) is 37.0 Å². The van der Waals surface area contributed by atoms with Gasteiger partial charge in [0.1, 0.15) is 0 Å². The Labute approximate surface area is 178 Å². The largest absolute Gasteiger partial charge is 0.483 e. The normalized spacial score (nSPS) is 23.4. The number of benzene rings is 1. The molecule has 0 unspecified atom stereocenters. The molecular weight excluding hydrogens is 433 g/mol. The SMILES string of the molecule is N=[S@@](=O)(c1ccc(CC2CCN(C(=O)N3CC4(CCC(=O)N4)C3)CC2)cc1)C(F)(F)F. The van der Waals surface area contributed by atoms with Gasteiger partial charge in [-0.1, -0.05) is 12.1 Å². The molecule has 0 saturated carbocycles. The highest BCUT2D eigenvalue weighted by Gasteiger charge is 2.50. The Bertz CT molecular complexity index is 964. The number of piperidine rings is 1. The summed E-state index contributed by atoms with van der Waals surface area (Å²) in [5.74, 6) is 0.346. The summed E-state index contributed by atoms with van der Waals surface area (Å²) in [6.45, 7) is 2.35. The van der Waals surface area contributed by atoms with Crippen LogP contribution in [0.1, 0.15) is 31.2 Å². The van der Waals surface area contributed by atoms with Crippen LogP contribution in [-0.4, -0.2) is 63.2 Å². The summed E-state index contributed by atoms with van der Waals surface area (Å²) in [6, 6.07) is 5.24. The molecule has 31 heavy (non-hydrogen) atoms. The maximum atomic E-state index is 12.8. The average molecular weight is 459 g/mol. The lowest BCUT2D eigenvalue weighted by Gasteiger charge is -2.49. The van der Waals surface area contributed by atoms with Crippen LogP contribution in [0.4, 0.5) is 18.0 Å². The predicted octanol–water partition coefficient (Wildman–Crippen LogP) is 2.95. The van der Waals surface area contributed by atoms with Crippen LogP contribution in [0.5, 0.6) is 0 Å². The number of rotatable bonds is 3. The first kappa shape index (κ1) is 21.9. The van der Waals surface area contributed by atoms with E-state index in [1.54, 1.807) is 4.90 Å². The second-order valence-electron chi connectivity index (χ2n) is 8.75. The zero-order chi connectivity index (χ0) is 22.4. The molecule has 7 nitrogen and oxygen atoms in total. The number of hydrogen-bond acceptors (Lipinski definition) is 4. The minimum atomic E-state index is -5.09. The van der Waals surface area contributed by atoms with Crippen molar-refractivity contribution in [1.82, 2.24) is 15.1 Å². The quantitative estimate of drug-likeness (QED) is 0.729. The highest BCUT2D eigenvalue weighted by molar-refractivity contribution is 7.93. The average Bonchev–Trinajstić information content (AvgIpc) is 3.09. The van der Waals surface area contributed by atoms with E-state index in [-0.39, 0.29) is 17.5 Å². The van der Waals surface area contributed by atoms with Crippen molar-refractivity contribution in [2.45, 2.75) is 48.0 Å². The van der Waals surface area contributed by atoms with Crippen LogP contribution in [0.15, 0.2) is 29.2 Å². The van der Waals surface area contributed by atoms with E-state index in [2.05, 4.69) is 5.32 Å². The smallest absolute Gasteiger partial charge is 0.347 e. The first-order valence-electron chi connectivity index (χ1n) is 10.3. The molecule has 1 atom stereocenters. The summed E-state index contributed by atoms with van der Waals surface area (Å²) in [7, 11) is -4.83. The van der Waals surface area contributed by atoms with Crippen LogP contribution in [0.25, 0.3) is 0 Å².